The largest absolute Gasteiger partial charge is 0.322 e. The van der Waals surface area contributed by atoms with E-state index < -0.39 is 4.92 Å². The number of pyridine rings is 1. The topological polar surface area (TPSA) is 85.1 Å². The number of carbonyl (C=O) groups excluding carboxylic acids is 1. The van der Waals surface area contributed by atoms with Crippen LogP contribution in [0.5, 0.6) is 0 Å². The summed E-state index contributed by atoms with van der Waals surface area (Å²) in [5, 5.41) is 14.6. The van der Waals surface area contributed by atoms with Crippen LogP contribution in [0.2, 0.25) is 0 Å². The number of nitro benzene ring substituents is 1. The number of fused-ring (bicyclic) bond motifs is 1. The van der Waals surface area contributed by atoms with Crippen LogP contribution in [0.25, 0.3) is 22.2 Å². The first kappa shape index (κ1) is 20.2. The van der Waals surface area contributed by atoms with Crippen molar-refractivity contribution in [1.29, 1.82) is 0 Å². The van der Waals surface area contributed by atoms with E-state index in [1.54, 1.807) is 19.1 Å². The summed E-state index contributed by atoms with van der Waals surface area (Å²) in [6, 6.07) is 19.8. The van der Waals surface area contributed by atoms with E-state index in [0.29, 0.717) is 22.5 Å². The van der Waals surface area contributed by atoms with E-state index in [-0.39, 0.29) is 11.6 Å². The van der Waals surface area contributed by atoms with Gasteiger partial charge in [-0.1, -0.05) is 30.3 Å². The third-order valence-electron chi connectivity index (χ3n) is 5.43. The van der Waals surface area contributed by atoms with Gasteiger partial charge >= 0.3 is 0 Å². The lowest BCUT2D eigenvalue weighted by Crippen LogP contribution is -2.14. The van der Waals surface area contributed by atoms with Gasteiger partial charge in [0.15, 0.2) is 0 Å². The fraction of sp³-hybridized carbons (Fsp3) is 0.120. The average molecular weight is 411 g/mol. The van der Waals surface area contributed by atoms with E-state index in [4.69, 9.17) is 4.98 Å². The van der Waals surface area contributed by atoms with Gasteiger partial charge in [0.2, 0.25) is 0 Å². The van der Waals surface area contributed by atoms with Gasteiger partial charge < -0.3 is 5.32 Å². The monoisotopic (exact) mass is 411 g/mol. The van der Waals surface area contributed by atoms with Crippen molar-refractivity contribution in [2.45, 2.75) is 20.8 Å². The molecule has 0 bridgehead atoms. The molecule has 0 spiro atoms. The summed E-state index contributed by atoms with van der Waals surface area (Å²) in [5.74, 6) is -0.291. The Hall–Kier alpha value is -4.06. The number of nitrogens with zero attached hydrogens (tertiary/aromatic N) is 2. The molecular formula is C25H21N3O3. The molecule has 31 heavy (non-hydrogen) atoms. The SMILES string of the molecule is Cc1ccc(-c2cc(C(=O)Nc3ccc([N+](=O)[O-])cc3C)c3ccccc3n2)cc1C. The molecule has 0 saturated carbocycles. The number of anilines is 1. The summed E-state index contributed by atoms with van der Waals surface area (Å²) in [5.41, 5.74) is 6.36. The summed E-state index contributed by atoms with van der Waals surface area (Å²) in [6.07, 6.45) is 0. The molecule has 154 valence electrons. The minimum absolute atomic E-state index is 0.0121. The van der Waals surface area contributed by atoms with Gasteiger partial charge in [-0.2, -0.15) is 0 Å². The Bertz CT molecular complexity index is 1350. The van der Waals surface area contributed by atoms with Crippen LogP contribution in [-0.4, -0.2) is 15.8 Å². The normalized spacial score (nSPS) is 10.8. The maximum atomic E-state index is 13.2. The number of benzene rings is 3. The number of aryl methyl sites for hydroxylation is 3. The fourth-order valence-electron chi connectivity index (χ4n) is 3.50. The number of para-hydroxylation sites is 1. The van der Waals surface area contributed by atoms with Gasteiger partial charge in [-0.05, 0) is 61.7 Å². The zero-order chi connectivity index (χ0) is 22.1. The van der Waals surface area contributed by atoms with Gasteiger partial charge in [-0.3, -0.25) is 14.9 Å². The van der Waals surface area contributed by atoms with Gasteiger partial charge in [0.25, 0.3) is 11.6 Å². The molecule has 0 radical (unpaired) electrons. The Morgan fingerprint density at radius 2 is 1.68 bits per heavy atom. The fourth-order valence-corrected chi connectivity index (χ4v) is 3.50. The minimum Gasteiger partial charge on any atom is -0.322 e. The number of carbonyl (C=O) groups is 1. The van der Waals surface area contributed by atoms with E-state index in [1.165, 1.54) is 17.7 Å². The predicted molar refractivity (Wildman–Crippen MR) is 122 cm³/mol. The van der Waals surface area contributed by atoms with Crippen LogP contribution < -0.4 is 5.32 Å². The van der Waals surface area contributed by atoms with Crippen molar-refractivity contribution in [3.8, 4) is 11.3 Å². The molecule has 6 nitrogen and oxygen atoms in total. The Morgan fingerprint density at radius 1 is 0.903 bits per heavy atom. The third-order valence-corrected chi connectivity index (χ3v) is 5.43. The quantitative estimate of drug-likeness (QED) is 0.330. The molecule has 3 aromatic carbocycles. The first-order chi connectivity index (χ1) is 14.8. The van der Waals surface area contributed by atoms with Crippen LogP contribution in [0.3, 0.4) is 0 Å². The van der Waals surface area contributed by atoms with E-state index in [0.717, 1.165) is 22.0 Å². The molecule has 1 N–H and O–H groups in total. The van der Waals surface area contributed by atoms with Gasteiger partial charge in [0.1, 0.15) is 0 Å². The summed E-state index contributed by atoms with van der Waals surface area (Å²) in [6.45, 7) is 5.83. The summed E-state index contributed by atoms with van der Waals surface area (Å²) >= 11 is 0. The molecule has 0 aliphatic rings. The molecule has 0 aliphatic heterocycles. The lowest BCUT2D eigenvalue weighted by Gasteiger charge is -2.12. The number of amides is 1. The molecule has 0 atom stereocenters. The highest BCUT2D eigenvalue weighted by Gasteiger charge is 2.16. The van der Waals surface area contributed by atoms with E-state index in [1.807, 2.05) is 43.3 Å². The lowest BCUT2D eigenvalue weighted by atomic mass is 10.0. The van der Waals surface area contributed by atoms with Crippen LogP contribution in [0.4, 0.5) is 11.4 Å². The summed E-state index contributed by atoms with van der Waals surface area (Å²) < 4.78 is 0. The molecule has 1 heterocycles. The first-order valence-corrected chi connectivity index (χ1v) is 9.87. The van der Waals surface area contributed by atoms with E-state index in [2.05, 4.69) is 18.3 Å². The molecule has 1 aromatic heterocycles. The highest BCUT2D eigenvalue weighted by Crippen LogP contribution is 2.28. The van der Waals surface area contributed by atoms with Crippen LogP contribution in [0.15, 0.2) is 66.7 Å². The Balaban J connectivity index is 1.78. The molecule has 4 rings (SSSR count). The minimum atomic E-state index is -0.454. The van der Waals surface area contributed by atoms with Crippen molar-refractivity contribution in [1.82, 2.24) is 4.98 Å². The molecule has 0 unspecified atom stereocenters. The maximum absolute atomic E-state index is 13.2. The second kappa shape index (κ2) is 7.99. The molecule has 6 heteroatoms. The number of aromatic nitrogens is 1. The number of hydrogen-bond acceptors (Lipinski definition) is 4. The Kier molecular flexibility index (Phi) is 5.21. The molecule has 0 saturated heterocycles. The van der Waals surface area contributed by atoms with Crippen molar-refractivity contribution in [3.63, 3.8) is 0 Å². The standard InChI is InChI=1S/C25H21N3O3/c1-15-8-9-18(12-16(15)2)24-14-21(20-6-4-5-7-23(20)26-24)25(29)27-22-11-10-19(28(30)31)13-17(22)3/h4-14H,1-3H3,(H,27,29). The number of nitro groups is 1. The zero-order valence-electron chi connectivity index (χ0n) is 17.5. The van der Waals surface area contributed by atoms with Gasteiger partial charge in [-0.15, -0.1) is 0 Å². The van der Waals surface area contributed by atoms with Crippen molar-refractivity contribution >= 4 is 28.2 Å². The smallest absolute Gasteiger partial charge is 0.269 e. The van der Waals surface area contributed by atoms with Gasteiger partial charge in [0, 0.05) is 28.8 Å². The molecule has 4 aromatic rings. The third kappa shape index (κ3) is 4.00. The predicted octanol–water partition coefficient (Wildman–Crippen LogP) is 5.99. The van der Waals surface area contributed by atoms with E-state index >= 15 is 0 Å². The Morgan fingerprint density at radius 3 is 2.39 bits per heavy atom. The zero-order valence-corrected chi connectivity index (χ0v) is 17.5. The van der Waals surface area contributed by atoms with E-state index in [9.17, 15) is 14.9 Å². The Labute approximate surface area is 179 Å². The number of rotatable bonds is 4. The van der Waals surface area contributed by atoms with Crippen LogP contribution in [0, 0.1) is 30.9 Å². The van der Waals surface area contributed by atoms with Crippen LogP contribution in [-0.2, 0) is 0 Å². The van der Waals surface area contributed by atoms with Crippen molar-refractivity contribution < 1.29 is 9.72 Å². The first-order valence-electron chi connectivity index (χ1n) is 9.87. The lowest BCUT2D eigenvalue weighted by molar-refractivity contribution is -0.384. The van der Waals surface area contributed by atoms with Crippen molar-refractivity contribution in [3.05, 3.63) is 99.1 Å². The summed E-state index contributed by atoms with van der Waals surface area (Å²) in [4.78, 5) is 28.5. The second-order valence-electron chi connectivity index (χ2n) is 7.58. The highest BCUT2D eigenvalue weighted by atomic mass is 16.6. The van der Waals surface area contributed by atoms with Crippen molar-refractivity contribution in [2.24, 2.45) is 0 Å². The second-order valence-corrected chi connectivity index (χ2v) is 7.58. The number of non-ortho nitro benzene ring substituents is 1. The maximum Gasteiger partial charge on any atom is 0.269 e. The van der Waals surface area contributed by atoms with Gasteiger partial charge in [0.05, 0.1) is 21.7 Å². The molecule has 0 aliphatic carbocycles. The molecular weight excluding hydrogens is 390 g/mol. The van der Waals surface area contributed by atoms with Crippen LogP contribution >= 0.6 is 0 Å². The molecule has 1 amide bonds. The number of nitrogens with one attached hydrogen (secondary N) is 1. The van der Waals surface area contributed by atoms with Crippen LogP contribution in [0.1, 0.15) is 27.0 Å². The average Bonchev–Trinajstić information content (AvgIpc) is 2.76. The summed E-state index contributed by atoms with van der Waals surface area (Å²) in [7, 11) is 0. The highest BCUT2D eigenvalue weighted by molar-refractivity contribution is 6.13. The van der Waals surface area contributed by atoms with Crippen molar-refractivity contribution in [2.75, 3.05) is 5.32 Å². The van der Waals surface area contributed by atoms with Gasteiger partial charge in [-0.25, -0.2) is 4.98 Å². The molecule has 0 fully saturated rings. The number of hydrogen-bond donors (Lipinski definition) is 1.